The van der Waals surface area contributed by atoms with Crippen LogP contribution in [-0.4, -0.2) is 16.2 Å². The molecule has 1 aliphatic carbocycles. The highest BCUT2D eigenvalue weighted by Gasteiger charge is 2.46. The van der Waals surface area contributed by atoms with Crippen molar-refractivity contribution in [2.24, 2.45) is 5.41 Å². The van der Waals surface area contributed by atoms with Crippen molar-refractivity contribution in [2.75, 3.05) is 5.32 Å². The van der Waals surface area contributed by atoms with Crippen LogP contribution < -0.4 is 5.32 Å². The van der Waals surface area contributed by atoms with Gasteiger partial charge < -0.3 is 5.32 Å². The van der Waals surface area contributed by atoms with E-state index >= 15 is 0 Å². The monoisotopic (exact) mass is 216 g/mol. The summed E-state index contributed by atoms with van der Waals surface area (Å²) < 4.78 is 0. The lowest BCUT2D eigenvalue weighted by molar-refractivity contribution is 0.629. The van der Waals surface area contributed by atoms with Crippen molar-refractivity contribution in [1.82, 2.24) is 10.2 Å². The molecule has 1 aromatic heterocycles. The lowest BCUT2D eigenvalue weighted by Crippen LogP contribution is -2.13. The first kappa shape index (κ1) is 10.9. The zero-order valence-electron chi connectivity index (χ0n) is 10.1. The molecule has 0 amide bonds. The molecule has 4 nitrogen and oxygen atoms in total. The molecular weight excluding hydrogens is 200 g/mol. The van der Waals surface area contributed by atoms with Gasteiger partial charge in [-0.15, -0.1) is 5.10 Å². The van der Waals surface area contributed by atoms with Crippen molar-refractivity contribution in [3.8, 4) is 6.07 Å². The van der Waals surface area contributed by atoms with E-state index in [1.807, 2.05) is 13.8 Å². The van der Waals surface area contributed by atoms with Gasteiger partial charge in [-0.1, -0.05) is 13.8 Å². The van der Waals surface area contributed by atoms with E-state index in [1.54, 1.807) is 0 Å². The second kappa shape index (κ2) is 3.44. The number of hydrogen-bond donors (Lipinski definition) is 1. The van der Waals surface area contributed by atoms with Crippen LogP contribution in [0.25, 0.3) is 0 Å². The quantitative estimate of drug-likeness (QED) is 0.823. The second-order valence-corrected chi connectivity index (χ2v) is 5.14. The van der Waals surface area contributed by atoms with Crippen LogP contribution in [0.4, 0.5) is 5.82 Å². The smallest absolute Gasteiger partial charge is 0.167 e. The molecule has 0 spiro atoms. The Hall–Kier alpha value is -1.63. The van der Waals surface area contributed by atoms with Crippen molar-refractivity contribution in [3.63, 3.8) is 0 Å². The van der Waals surface area contributed by atoms with Crippen LogP contribution in [0.2, 0.25) is 0 Å². The van der Waals surface area contributed by atoms with E-state index in [0.717, 1.165) is 17.7 Å². The predicted molar refractivity (Wildman–Crippen MR) is 62.0 cm³/mol. The van der Waals surface area contributed by atoms with Gasteiger partial charge in [-0.25, -0.2) is 0 Å². The number of nitriles is 1. The second-order valence-electron chi connectivity index (χ2n) is 5.14. The Morgan fingerprint density at radius 2 is 2.00 bits per heavy atom. The summed E-state index contributed by atoms with van der Waals surface area (Å²) in [6.45, 7) is 8.18. The Bertz CT molecular complexity index is 471. The zero-order valence-corrected chi connectivity index (χ0v) is 10.1. The zero-order chi connectivity index (χ0) is 11.9. The van der Waals surface area contributed by atoms with Crippen molar-refractivity contribution in [2.45, 2.75) is 40.2 Å². The SMILES string of the molecule is Cc1nnc(NC2CC2(C)C)c(C#N)c1C. The molecule has 16 heavy (non-hydrogen) atoms. The Labute approximate surface area is 95.7 Å². The molecule has 2 rings (SSSR count). The van der Waals surface area contributed by atoms with Gasteiger partial charge in [-0.3, -0.25) is 0 Å². The van der Waals surface area contributed by atoms with E-state index in [4.69, 9.17) is 5.26 Å². The molecule has 1 atom stereocenters. The van der Waals surface area contributed by atoms with Crippen molar-refractivity contribution in [3.05, 3.63) is 16.8 Å². The Morgan fingerprint density at radius 1 is 1.38 bits per heavy atom. The number of aromatic nitrogens is 2. The molecule has 1 aromatic rings. The molecule has 1 unspecified atom stereocenters. The van der Waals surface area contributed by atoms with E-state index in [2.05, 4.69) is 35.4 Å². The highest BCUT2D eigenvalue weighted by Crippen LogP contribution is 2.46. The molecule has 0 saturated heterocycles. The molecule has 0 aromatic carbocycles. The molecule has 0 radical (unpaired) electrons. The van der Waals surface area contributed by atoms with Crippen LogP contribution in [0.1, 0.15) is 37.1 Å². The number of nitrogens with zero attached hydrogens (tertiary/aromatic N) is 3. The highest BCUT2D eigenvalue weighted by atomic mass is 15.2. The first-order valence-corrected chi connectivity index (χ1v) is 5.46. The maximum Gasteiger partial charge on any atom is 0.167 e. The van der Waals surface area contributed by atoms with Crippen molar-refractivity contribution >= 4 is 5.82 Å². The molecule has 1 N–H and O–H groups in total. The van der Waals surface area contributed by atoms with Crippen LogP contribution in [0.3, 0.4) is 0 Å². The summed E-state index contributed by atoms with van der Waals surface area (Å²) in [6, 6.07) is 2.61. The van der Waals surface area contributed by atoms with E-state index in [-0.39, 0.29) is 0 Å². The summed E-state index contributed by atoms with van der Waals surface area (Å²) in [6.07, 6.45) is 1.12. The van der Waals surface area contributed by atoms with Crippen LogP contribution >= 0.6 is 0 Å². The third kappa shape index (κ3) is 1.73. The lowest BCUT2D eigenvalue weighted by Gasteiger charge is -2.10. The van der Waals surface area contributed by atoms with Crippen LogP contribution in [-0.2, 0) is 0 Å². The van der Waals surface area contributed by atoms with Gasteiger partial charge in [0.2, 0.25) is 0 Å². The van der Waals surface area contributed by atoms with Gasteiger partial charge in [0, 0.05) is 6.04 Å². The van der Waals surface area contributed by atoms with Crippen LogP contribution in [0.15, 0.2) is 0 Å². The fourth-order valence-electron chi connectivity index (χ4n) is 1.72. The topological polar surface area (TPSA) is 61.6 Å². The standard InChI is InChI=1S/C12H16N4/c1-7-8(2)15-16-11(9(7)6-13)14-10-5-12(10,3)4/h10H,5H2,1-4H3,(H,14,16). The van der Waals surface area contributed by atoms with Crippen molar-refractivity contribution in [1.29, 1.82) is 5.26 Å². The molecule has 1 saturated carbocycles. The summed E-state index contributed by atoms with van der Waals surface area (Å²) in [4.78, 5) is 0. The highest BCUT2D eigenvalue weighted by molar-refractivity contribution is 5.57. The van der Waals surface area contributed by atoms with Crippen LogP contribution in [0.5, 0.6) is 0 Å². The fourth-order valence-corrected chi connectivity index (χ4v) is 1.72. The molecule has 0 bridgehead atoms. The summed E-state index contributed by atoms with van der Waals surface area (Å²) in [5, 5.41) is 20.6. The van der Waals surface area contributed by atoms with Gasteiger partial charge in [0.1, 0.15) is 11.6 Å². The van der Waals surface area contributed by atoms with E-state index in [0.29, 0.717) is 22.8 Å². The molecule has 4 heteroatoms. The van der Waals surface area contributed by atoms with Gasteiger partial charge in [-0.2, -0.15) is 10.4 Å². The van der Waals surface area contributed by atoms with Gasteiger partial charge in [0.05, 0.1) is 5.69 Å². The molecule has 1 aliphatic rings. The Kier molecular flexibility index (Phi) is 2.34. The van der Waals surface area contributed by atoms with E-state index < -0.39 is 0 Å². The third-order valence-corrected chi connectivity index (χ3v) is 3.39. The fraction of sp³-hybridized carbons (Fsp3) is 0.583. The predicted octanol–water partition coefficient (Wildman–Crippen LogP) is 2.18. The normalized spacial score (nSPS) is 21.3. The average Bonchev–Trinajstić information content (AvgIpc) is 2.81. The van der Waals surface area contributed by atoms with Gasteiger partial charge in [0.15, 0.2) is 5.82 Å². The third-order valence-electron chi connectivity index (χ3n) is 3.39. The lowest BCUT2D eigenvalue weighted by atomic mass is 10.1. The largest absolute Gasteiger partial charge is 0.364 e. The average molecular weight is 216 g/mol. The van der Waals surface area contributed by atoms with Gasteiger partial charge >= 0.3 is 0 Å². The van der Waals surface area contributed by atoms with E-state index in [1.165, 1.54) is 0 Å². The summed E-state index contributed by atoms with van der Waals surface area (Å²) >= 11 is 0. The molecule has 1 fully saturated rings. The first-order chi connectivity index (χ1) is 7.45. The van der Waals surface area contributed by atoms with E-state index in [9.17, 15) is 0 Å². The maximum atomic E-state index is 9.13. The number of aryl methyl sites for hydroxylation is 1. The number of nitrogens with one attached hydrogen (secondary N) is 1. The number of rotatable bonds is 2. The minimum absolute atomic E-state index is 0.313. The summed E-state index contributed by atoms with van der Waals surface area (Å²) in [5.74, 6) is 0.626. The number of anilines is 1. The maximum absolute atomic E-state index is 9.13. The minimum atomic E-state index is 0.313. The molecular formula is C12H16N4. The Morgan fingerprint density at radius 3 is 2.50 bits per heavy atom. The Balaban J connectivity index is 2.29. The molecule has 0 aliphatic heterocycles. The van der Waals surface area contributed by atoms with Gasteiger partial charge in [-0.05, 0) is 31.2 Å². The molecule has 84 valence electrons. The van der Waals surface area contributed by atoms with Crippen molar-refractivity contribution < 1.29 is 0 Å². The number of hydrogen-bond acceptors (Lipinski definition) is 4. The molecule has 1 heterocycles. The summed E-state index contributed by atoms with van der Waals surface area (Å²) in [5.41, 5.74) is 2.67. The minimum Gasteiger partial charge on any atom is -0.364 e. The first-order valence-electron chi connectivity index (χ1n) is 5.46. The van der Waals surface area contributed by atoms with Gasteiger partial charge in [0.25, 0.3) is 0 Å². The summed E-state index contributed by atoms with van der Waals surface area (Å²) in [7, 11) is 0. The van der Waals surface area contributed by atoms with Crippen LogP contribution in [0, 0.1) is 30.6 Å².